The van der Waals surface area contributed by atoms with Gasteiger partial charge >= 0.3 is 11.9 Å². The van der Waals surface area contributed by atoms with Crippen LogP contribution in [0.5, 0.6) is 0 Å². The number of hydrogen-bond acceptors (Lipinski definition) is 3. The van der Waals surface area contributed by atoms with Crippen LogP contribution in [0.4, 0.5) is 22.0 Å². The molecule has 0 radical (unpaired) electrons. The number of rotatable bonds is 6. The van der Waals surface area contributed by atoms with Gasteiger partial charge in [-0.2, -0.15) is 8.78 Å². The maximum atomic E-state index is 14.3. The topological polar surface area (TPSA) is 72.4 Å². The Kier molecular flexibility index (Phi) is 5.89. The van der Waals surface area contributed by atoms with E-state index in [1.54, 1.807) is 0 Å². The van der Waals surface area contributed by atoms with Crippen LogP contribution in [0.25, 0.3) is 0 Å². The Labute approximate surface area is 138 Å². The Balaban J connectivity index is 3.72. The molecule has 2 N–H and O–H groups in total. The fourth-order valence-electron chi connectivity index (χ4n) is 1.84. The van der Waals surface area contributed by atoms with Crippen molar-refractivity contribution in [2.75, 3.05) is 0 Å². The van der Waals surface area contributed by atoms with Gasteiger partial charge in [-0.25, -0.2) is 18.0 Å². The second-order valence-corrected chi connectivity index (χ2v) is 7.92. The lowest BCUT2D eigenvalue weighted by Crippen LogP contribution is -2.67. The molecule has 0 aromatic heterocycles. The highest BCUT2D eigenvalue weighted by Crippen LogP contribution is 2.45. The number of benzene rings is 1. The summed E-state index contributed by atoms with van der Waals surface area (Å²) in [6.45, 7) is 3.89. The van der Waals surface area contributed by atoms with Gasteiger partial charge in [0, 0.05) is 16.9 Å². The van der Waals surface area contributed by atoms with Gasteiger partial charge in [0.05, 0.1) is 0 Å². The van der Waals surface area contributed by atoms with Gasteiger partial charge in [0.1, 0.15) is 10.6 Å². The van der Waals surface area contributed by atoms with Gasteiger partial charge in [-0.15, -0.1) is 4.72 Å². The fourth-order valence-corrected chi connectivity index (χ4v) is 2.76. The van der Waals surface area contributed by atoms with Crippen molar-refractivity contribution in [1.29, 1.82) is 0 Å². The number of carboxylic acids is 1. The van der Waals surface area contributed by atoms with Gasteiger partial charge in [-0.05, 0) is 26.8 Å². The Morgan fingerprint density at radius 3 is 2.12 bits per heavy atom. The van der Waals surface area contributed by atoms with Crippen LogP contribution in [-0.4, -0.2) is 32.7 Å². The van der Waals surface area contributed by atoms with Crippen molar-refractivity contribution in [3.05, 3.63) is 35.6 Å². The van der Waals surface area contributed by atoms with E-state index in [1.165, 1.54) is 25.5 Å². The third-order valence-corrected chi connectivity index (χ3v) is 4.82. The molecule has 0 aliphatic heterocycles. The van der Waals surface area contributed by atoms with E-state index in [0.717, 1.165) is 12.1 Å². The largest absolute Gasteiger partial charge is 0.598 e. The summed E-state index contributed by atoms with van der Waals surface area (Å²) < 4.78 is 82.4. The Morgan fingerprint density at radius 2 is 1.75 bits per heavy atom. The number of nitrogens with one attached hydrogen (secondary N) is 1. The molecule has 0 unspecified atom stereocenters. The van der Waals surface area contributed by atoms with Gasteiger partial charge < -0.3 is 9.66 Å². The van der Waals surface area contributed by atoms with Gasteiger partial charge in [-0.1, -0.05) is 18.2 Å². The molecule has 0 spiro atoms. The second-order valence-electron chi connectivity index (χ2n) is 5.95. The molecule has 4 nitrogen and oxygen atoms in total. The first-order chi connectivity index (χ1) is 10.8. The first kappa shape index (κ1) is 20.7. The van der Waals surface area contributed by atoms with Gasteiger partial charge in [0.15, 0.2) is 0 Å². The van der Waals surface area contributed by atoms with E-state index in [2.05, 4.69) is 0 Å². The summed E-state index contributed by atoms with van der Waals surface area (Å²) in [6.07, 6.45) is -4.08. The zero-order chi connectivity index (χ0) is 18.9. The van der Waals surface area contributed by atoms with Crippen LogP contribution in [0.2, 0.25) is 0 Å². The average Bonchev–Trinajstić information content (AvgIpc) is 2.43. The minimum atomic E-state index is -5.15. The van der Waals surface area contributed by atoms with E-state index < -0.39 is 51.3 Å². The number of alkyl halides is 4. The summed E-state index contributed by atoms with van der Waals surface area (Å²) in [5.41, 5.74) is -5.30. The van der Waals surface area contributed by atoms with Crippen molar-refractivity contribution >= 4 is 17.3 Å². The van der Waals surface area contributed by atoms with Crippen LogP contribution in [-0.2, 0) is 21.7 Å². The Morgan fingerprint density at radius 1 is 1.25 bits per heavy atom. The maximum Gasteiger partial charge on any atom is 0.377 e. The summed E-state index contributed by atoms with van der Waals surface area (Å²) in [7, 11) is 0. The summed E-state index contributed by atoms with van der Waals surface area (Å²) in [5.74, 6) is -9.52. The molecule has 24 heavy (non-hydrogen) atoms. The molecule has 0 saturated heterocycles. The van der Waals surface area contributed by atoms with Gasteiger partial charge in [0.25, 0.3) is 6.43 Å². The summed E-state index contributed by atoms with van der Waals surface area (Å²) >= 11 is -2.54. The molecular formula is C14H16F5NO3S. The molecule has 1 aromatic rings. The van der Waals surface area contributed by atoms with Crippen LogP contribution >= 0.6 is 0 Å². The lowest BCUT2D eigenvalue weighted by molar-refractivity contribution is -0.193. The quantitative estimate of drug-likeness (QED) is 0.594. The molecule has 0 saturated carbocycles. The molecular weight excluding hydrogens is 357 g/mol. The summed E-state index contributed by atoms with van der Waals surface area (Å²) in [4.78, 5) is 10.9. The van der Waals surface area contributed by atoms with Crippen LogP contribution in [0.15, 0.2) is 24.3 Å². The molecule has 0 fully saturated rings. The average molecular weight is 373 g/mol. The van der Waals surface area contributed by atoms with Gasteiger partial charge in [-0.3, -0.25) is 0 Å². The molecule has 0 amide bonds. The van der Waals surface area contributed by atoms with E-state index in [9.17, 15) is 31.3 Å². The van der Waals surface area contributed by atoms with Gasteiger partial charge in [0.2, 0.25) is 5.54 Å². The highest BCUT2D eigenvalue weighted by Gasteiger charge is 2.70. The lowest BCUT2D eigenvalue weighted by atomic mass is 9.84. The molecule has 1 aromatic carbocycles. The minimum Gasteiger partial charge on any atom is -0.598 e. The number of halogens is 5. The first-order valence-corrected chi connectivity index (χ1v) is 7.77. The van der Waals surface area contributed by atoms with Crippen LogP contribution < -0.4 is 4.72 Å². The Hall–Kier alpha value is -1.39. The zero-order valence-corrected chi connectivity index (χ0v) is 13.8. The van der Waals surface area contributed by atoms with Crippen LogP contribution in [0.3, 0.4) is 0 Å². The minimum absolute atomic E-state index is 0.602. The predicted octanol–water partition coefficient (Wildman–Crippen LogP) is 3.06. The number of carboxylic acid groups (broad SMARTS) is 1. The lowest BCUT2D eigenvalue weighted by Gasteiger charge is -2.39. The van der Waals surface area contributed by atoms with Crippen LogP contribution in [0, 0.1) is 5.82 Å². The first-order valence-electron chi connectivity index (χ1n) is 6.62. The van der Waals surface area contributed by atoms with E-state index in [4.69, 9.17) is 5.11 Å². The van der Waals surface area contributed by atoms with E-state index >= 15 is 0 Å². The molecule has 0 aliphatic carbocycles. The van der Waals surface area contributed by atoms with Crippen molar-refractivity contribution < 1.29 is 36.4 Å². The highest BCUT2D eigenvalue weighted by molar-refractivity contribution is 7.90. The normalized spacial score (nSPS) is 16.8. The van der Waals surface area contributed by atoms with Crippen molar-refractivity contribution in [2.45, 2.75) is 43.4 Å². The monoisotopic (exact) mass is 373 g/mol. The standard InChI is InChI=1S/C14H16F5NO3S/c1-12(2,3)24(23)20-13(10(16)17,14(18,19)11(21)22)8-6-4-5-7-9(8)15/h4-7,10,20H,1-3H3,(H,21,22)/t13-,24+/m0/s1. The summed E-state index contributed by atoms with van der Waals surface area (Å²) in [5, 5.41) is 8.75. The SMILES string of the molecule is CC(C)(C)[S@@+]([O-])N[C@@](c1ccccc1F)(C(F)F)C(F)(F)C(=O)O. The van der Waals surface area contributed by atoms with Crippen molar-refractivity contribution in [3.63, 3.8) is 0 Å². The second kappa shape index (κ2) is 6.85. The van der Waals surface area contributed by atoms with Crippen molar-refractivity contribution in [1.82, 2.24) is 4.72 Å². The third-order valence-electron chi connectivity index (χ3n) is 3.20. The molecule has 0 heterocycles. The Bertz CT molecular complexity index is 608. The smallest absolute Gasteiger partial charge is 0.377 e. The van der Waals surface area contributed by atoms with Crippen LogP contribution in [0.1, 0.15) is 26.3 Å². The van der Waals surface area contributed by atoms with E-state index in [0.29, 0.717) is 12.1 Å². The van der Waals surface area contributed by atoms with Crippen molar-refractivity contribution in [2.24, 2.45) is 0 Å². The number of aliphatic carboxylic acids is 1. The maximum absolute atomic E-state index is 14.3. The summed E-state index contributed by atoms with van der Waals surface area (Å²) in [6, 6.07) is 3.29. The van der Waals surface area contributed by atoms with E-state index in [1.807, 2.05) is 0 Å². The molecule has 2 atom stereocenters. The molecule has 0 aliphatic rings. The van der Waals surface area contributed by atoms with Crippen molar-refractivity contribution in [3.8, 4) is 0 Å². The molecule has 1 rings (SSSR count). The molecule has 10 heteroatoms. The van der Waals surface area contributed by atoms with E-state index in [-0.39, 0.29) is 0 Å². The predicted molar refractivity (Wildman–Crippen MR) is 77.7 cm³/mol. The molecule has 136 valence electrons. The number of carbonyl (C=O) groups is 1. The fraction of sp³-hybridized carbons (Fsp3) is 0.500. The molecule has 0 bridgehead atoms. The zero-order valence-electron chi connectivity index (χ0n) is 12.9. The number of hydrogen-bond donors (Lipinski definition) is 2. The highest BCUT2D eigenvalue weighted by atomic mass is 32.2. The third kappa shape index (κ3) is 3.50.